The van der Waals surface area contributed by atoms with Crippen LogP contribution >= 0.6 is 35.4 Å². The number of hydrogen-bond donors (Lipinski definition) is 3. The molecule has 3 aromatic rings. The Morgan fingerprint density at radius 1 is 1.00 bits per heavy atom. The van der Waals surface area contributed by atoms with Crippen molar-refractivity contribution in [2.24, 2.45) is 5.14 Å². The summed E-state index contributed by atoms with van der Waals surface area (Å²) in [6.07, 6.45) is 0. The highest BCUT2D eigenvalue weighted by Crippen LogP contribution is 2.29. The van der Waals surface area contributed by atoms with Crippen molar-refractivity contribution in [3.8, 4) is 11.3 Å². The summed E-state index contributed by atoms with van der Waals surface area (Å²) in [6, 6.07) is 13.7. The number of nitrogens with two attached hydrogens (primary N) is 1. The Morgan fingerprint density at radius 2 is 1.69 bits per heavy atom. The van der Waals surface area contributed by atoms with Crippen LogP contribution in [0.1, 0.15) is 10.6 Å². The van der Waals surface area contributed by atoms with Gasteiger partial charge in [0.15, 0.2) is 10.9 Å². The number of carbonyl (C=O) groups excluding carboxylic acids is 1. The Morgan fingerprint density at radius 3 is 2.31 bits per heavy atom. The van der Waals surface area contributed by atoms with E-state index in [4.69, 9.17) is 45.0 Å². The average Bonchev–Trinajstić information content (AvgIpc) is 3.14. The maximum absolute atomic E-state index is 12.3. The van der Waals surface area contributed by atoms with Crippen molar-refractivity contribution in [3.63, 3.8) is 0 Å². The van der Waals surface area contributed by atoms with E-state index in [2.05, 4.69) is 10.6 Å². The molecule has 2 aromatic carbocycles. The van der Waals surface area contributed by atoms with Crippen molar-refractivity contribution in [2.75, 3.05) is 5.32 Å². The lowest BCUT2D eigenvalue weighted by Gasteiger charge is -2.09. The van der Waals surface area contributed by atoms with Gasteiger partial charge in [0, 0.05) is 11.3 Å². The number of nitrogens with one attached hydrogen (secondary N) is 2. The van der Waals surface area contributed by atoms with Crippen LogP contribution in [0.15, 0.2) is 63.9 Å². The van der Waals surface area contributed by atoms with E-state index in [0.29, 0.717) is 27.1 Å². The van der Waals surface area contributed by atoms with Crippen LogP contribution in [-0.2, 0) is 10.0 Å². The normalized spacial score (nSPS) is 11.1. The van der Waals surface area contributed by atoms with Gasteiger partial charge in [-0.1, -0.05) is 23.2 Å². The molecule has 1 heterocycles. The summed E-state index contributed by atoms with van der Waals surface area (Å²) in [5.74, 6) is -0.0825. The molecular weight excluding hydrogens is 457 g/mol. The summed E-state index contributed by atoms with van der Waals surface area (Å²) >= 11 is 17.0. The van der Waals surface area contributed by atoms with E-state index in [1.807, 2.05) is 0 Å². The van der Waals surface area contributed by atoms with Crippen molar-refractivity contribution in [2.45, 2.75) is 4.90 Å². The summed E-state index contributed by atoms with van der Waals surface area (Å²) in [5, 5.41) is 11.1. The molecule has 29 heavy (non-hydrogen) atoms. The molecule has 0 fully saturated rings. The molecule has 0 atom stereocenters. The van der Waals surface area contributed by atoms with E-state index >= 15 is 0 Å². The Balaban J connectivity index is 1.65. The van der Waals surface area contributed by atoms with E-state index < -0.39 is 15.9 Å². The van der Waals surface area contributed by atoms with Gasteiger partial charge in [0.25, 0.3) is 5.91 Å². The molecule has 0 saturated carbocycles. The number of thiocarbonyl (C=S) groups is 1. The molecule has 0 unspecified atom stereocenters. The van der Waals surface area contributed by atoms with Crippen LogP contribution in [0.25, 0.3) is 11.3 Å². The fourth-order valence-electron chi connectivity index (χ4n) is 2.32. The van der Waals surface area contributed by atoms with Gasteiger partial charge in [-0.05, 0) is 66.8 Å². The molecule has 0 saturated heterocycles. The second-order valence-electron chi connectivity index (χ2n) is 5.77. The SMILES string of the molecule is NS(=O)(=O)c1ccc(NC(=S)NC(=O)c2ccc(-c3ccc(Cl)c(Cl)c3)o2)cc1. The Bertz CT molecular complexity index is 1190. The first-order valence-electron chi connectivity index (χ1n) is 7.94. The van der Waals surface area contributed by atoms with Gasteiger partial charge >= 0.3 is 0 Å². The number of primary sulfonamides is 1. The lowest BCUT2D eigenvalue weighted by atomic mass is 10.2. The molecule has 0 aliphatic rings. The molecule has 1 aromatic heterocycles. The lowest BCUT2D eigenvalue weighted by Crippen LogP contribution is -2.33. The van der Waals surface area contributed by atoms with Crippen molar-refractivity contribution in [1.82, 2.24) is 5.32 Å². The van der Waals surface area contributed by atoms with E-state index in [0.717, 1.165) is 0 Å². The van der Waals surface area contributed by atoms with E-state index in [9.17, 15) is 13.2 Å². The zero-order valence-electron chi connectivity index (χ0n) is 14.5. The van der Waals surface area contributed by atoms with E-state index in [1.165, 1.54) is 30.3 Å². The summed E-state index contributed by atoms with van der Waals surface area (Å²) in [4.78, 5) is 12.3. The van der Waals surface area contributed by atoms with Crippen LogP contribution in [0.3, 0.4) is 0 Å². The van der Waals surface area contributed by atoms with Gasteiger partial charge in [0.1, 0.15) is 5.76 Å². The van der Waals surface area contributed by atoms with Gasteiger partial charge in [0.2, 0.25) is 10.0 Å². The third kappa shape index (κ3) is 5.34. The third-order valence-electron chi connectivity index (χ3n) is 3.70. The van der Waals surface area contributed by atoms with Gasteiger partial charge in [-0.25, -0.2) is 13.6 Å². The summed E-state index contributed by atoms with van der Waals surface area (Å²) < 4.78 is 28.1. The highest BCUT2D eigenvalue weighted by Gasteiger charge is 2.15. The fraction of sp³-hybridized carbons (Fsp3) is 0. The van der Waals surface area contributed by atoms with E-state index in [1.54, 1.807) is 24.3 Å². The van der Waals surface area contributed by atoms with Gasteiger partial charge in [-0.2, -0.15) is 0 Å². The number of hydrogen-bond acceptors (Lipinski definition) is 5. The molecule has 0 spiro atoms. The molecule has 0 bridgehead atoms. The van der Waals surface area contributed by atoms with Crippen LogP contribution in [0.5, 0.6) is 0 Å². The van der Waals surface area contributed by atoms with Crippen molar-refractivity contribution < 1.29 is 17.6 Å². The zero-order chi connectivity index (χ0) is 21.2. The number of halogens is 2. The largest absolute Gasteiger partial charge is 0.451 e. The van der Waals surface area contributed by atoms with Crippen LogP contribution in [0.4, 0.5) is 5.69 Å². The van der Waals surface area contributed by atoms with Crippen molar-refractivity contribution in [1.29, 1.82) is 0 Å². The van der Waals surface area contributed by atoms with Gasteiger partial charge in [-0.3, -0.25) is 10.1 Å². The van der Waals surface area contributed by atoms with E-state index in [-0.39, 0.29) is 15.8 Å². The number of amides is 1. The second kappa shape index (κ2) is 8.52. The van der Waals surface area contributed by atoms with Crippen LogP contribution in [0.2, 0.25) is 10.0 Å². The average molecular weight is 470 g/mol. The minimum atomic E-state index is -3.79. The molecule has 3 rings (SSSR count). The topological polar surface area (TPSA) is 114 Å². The quantitative estimate of drug-likeness (QED) is 0.496. The van der Waals surface area contributed by atoms with Crippen LogP contribution < -0.4 is 15.8 Å². The lowest BCUT2D eigenvalue weighted by molar-refractivity contribution is 0.0951. The molecule has 0 aliphatic carbocycles. The van der Waals surface area contributed by atoms with Gasteiger partial charge in [0.05, 0.1) is 14.9 Å². The maximum Gasteiger partial charge on any atom is 0.293 e. The number of benzene rings is 2. The van der Waals surface area contributed by atoms with Crippen molar-refractivity contribution in [3.05, 3.63) is 70.4 Å². The Labute approximate surface area is 181 Å². The Kier molecular flexibility index (Phi) is 6.25. The fourth-order valence-corrected chi connectivity index (χ4v) is 3.34. The predicted molar refractivity (Wildman–Crippen MR) is 116 cm³/mol. The molecule has 7 nitrogen and oxygen atoms in total. The molecule has 11 heteroatoms. The van der Waals surface area contributed by atoms with Crippen LogP contribution in [0, 0.1) is 0 Å². The first-order chi connectivity index (χ1) is 13.6. The standard InChI is InChI=1S/C18H13Cl2N3O4S2/c19-13-6-1-10(9-14(13)20)15-7-8-16(27-15)17(24)23-18(28)22-11-2-4-12(5-3-11)29(21,25)26/h1-9H,(H2,21,25,26)(H2,22,23,24,28). The van der Waals surface area contributed by atoms with Gasteiger partial charge < -0.3 is 9.73 Å². The first kappa shape index (κ1) is 21.3. The maximum atomic E-state index is 12.3. The molecule has 0 radical (unpaired) electrons. The third-order valence-corrected chi connectivity index (χ3v) is 5.57. The molecule has 4 N–H and O–H groups in total. The molecule has 0 aliphatic heterocycles. The molecular formula is C18H13Cl2N3O4S2. The smallest absolute Gasteiger partial charge is 0.293 e. The monoisotopic (exact) mass is 469 g/mol. The number of furan rings is 1. The predicted octanol–water partition coefficient (Wildman–Crippen LogP) is 4.03. The number of sulfonamides is 1. The zero-order valence-corrected chi connectivity index (χ0v) is 17.6. The Hall–Kier alpha value is -2.43. The van der Waals surface area contributed by atoms with Gasteiger partial charge in [-0.15, -0.1) is 0 Å². The summed E-state index contributed by atoms with van der Waals surface area (Å²) in [6.45, 7) is 0. The number of carbonyl (C=O) groups is 1. The highest BCUT2D eigenvalue weighted by atomic mass is 35.5. The highest BCUT2D eigenvalue weighted by molar-refractivity contribution is 7.89. The summed E-state index contributed by atoms with van der Waals surface area (Å²) in [7, 11) is -3.79. The number of rotatable bonds is 4. The first-order valence-corrected chi connectivity index (χ1v) is 10.6. The van der Waals surface area contributed by atoms with Crippen LogP contribution in [-0.4, -0.2) is 19.4 Å². The second-order valence-corrected chi connectivity index (χ2v) is 8.55. The van der Waals surface area contributed by atoms with Crippen molar-refractivity contribution >= 4 is 62.2 Å². The summed E-state index contributed by atoms with van der Waals surface area (Å²) in [5.41, 5.74) is 1.13. The molecule has 150 valence electrons. The minimum Gasteiger partial charge on any atom is -0.451 e. The minimum absolute atomic E-state index is 0.00541. The number of anilines is 1. The molecule has 1 amide bonds.